The molecule has 4 saturated carbocycles. The van der Waals surface area contributed by atoms with Crippen LogP contribution in [-0.2, 0) is 28.2 Å². The number of hydrogen-bond acceptors (Lipinski definition) is 8. The lowest BCUT2D eigenvalue weighted by Gasteiger charge is -2.61. The van der Waals surface area contributed by atoms with E-state index in [0.29, 0.717) is 53.2 Å². The third-order valence-electron chi connectivity index (χ3n) is 16.7. The average molecular weight is 776 g/mol. The fraction of sp³-hybridized carbons (Fsp3) is 0.773. The minimum absolute atomic E-state index is 0.00593. The summed E-state index contributed by atoms with van der Waals surface area (Å²) >= 11 is 0. The van der Waals surface area contributed by atoms with E-state index in [1.807, 2.05) is 13.8 Å². The van der Waals surface area contributed by atoms with E-state index in [9.17, 15) is 9.50 Å². The maximum Gasteiger partial charge on any atom is 0.171 e. The van der Waals surface area contributed by atoms with E-state index in [0.717, 1.165) is 55.4 Å². The Bertz CT molecular complexity index is 1870. The number of aliphatic hydroxyl groups is 1. The molecule has 4 aliphatic carbocycles. The molecule has 12 heteroatoms. The Morgan fingerprint density at radius 2 is 1.84 bits per heavy atom. The molecule has 2 unspecified atom stereocenters. The first-order valence-corrected chi connectivity index (χ1v) is 21.7. The van der Waals surface area contributed by atoms with Gasteiger partial charge in [-0.2, -0.15) is 5.10 Å². The van der Waals surface area contributed by atoms with E-state index in [1.54, 1.807) is 0 Å². The van der Waals surface area contributed by atoms with E-state index in [1.165, 1.54) is 74.4 Å². The summed E-state index contributed by atoms with van der Waals surface area (Å²) in [5.74, 6) is 2.80. The Morgan fingerprint density at radius 1 is 1.02 bits per heavy atom. The molecule has 56 heavy (non-hydrogen) atoms. The van der Waals surface area contributed by atoms with Crippen LogP contribution in [0.3, 0.4) is 0 Å². The molecule has 1 spiro atoms. The van der Waals surface area contributed by atoms with Crippen molar-refractivity contribution in [3.63, 3.8) is 0 Å². The summed E-state index contributed by atoms with van der Waals surface area (Å²) in [5, 5.41) is 25.6. The number of aromatic nitrogens is 6. The normalized spacial score (nSPS) is 40.4. The van der Waals surface area contributed by atoms with Crippen molar-refractivity contribution in [2.24, 2.45) is 52.3 Å². The van der Waals surface area contributed by atoms with Crippen LogP contribution in [0.1, 0.15) is 123 Å². The summed E-state index contributed by atoms with van der Waals surface area (Å²) in [6.45, 7) is 15.4. The molecule has 10 nitrogen and oxygen atoms in total. The summed E-state index contributed by atoms with van der Waals surface area (Å²) in [6, 6.07) is 3.62. The third kappa shape index (κ3) is 6.38. The van der Waals surface area contributed by atoms with Crippen LogP contribution in [-0.4, -0.2) is 70.8 Å². The lowest BCUT2D eigenvalue weighted by atomic mass is 9.44. The van der Waals surface area contributed by atoms with E-state index >= 15 is 4.39 Å². The number of fused-ring (bicyclic) bond motifs is 7. The second kappa shape index (κ2) is 14.2. The zero-order valence-electron chi connectivity index (χ0n) is 34.3. The van der Waals surface area contributed by atoms with Gasteiger partial charge in [0.2, 0.25) is 0 Å². The Balaban J connectivity index is 0.868. The third-order valence-corrected chi connectivity index (χ3v) is 16.7. The second-order valence-corrected chi connectivity index (χ2v) is 20.0. The van der Waals surface area contributed by atoms with Gasteiger partial charge in [-0.05, 0) is 124 Å². The van der Waals surface area contributed by atoms with E-state index in [-0.39, 0.29) is 30.5 Å². The summed E-state index contributed by atoms with van der Waals surface area (Å²) in [5.41, 5.74) is -0.203. The lowest BCUT2D eigenvalue weighted by molar-refractivity contribution is -0.273. The monoisotopic (exact) mass is 775 g/mol. The number of benzene rings is 1. The van der Waals surface area contributed by atoms with Crippen molar-refractivity contribution >= 4 is 0 Å². The van der Waals surface area contributed by atoms with Gasteiger partial charge in [0, 0.05) is 43.1 Å². The molecular formula is C44H63F2N7O3. The molecule has 6 fully saturated rings. The molecule has 9 rings (SSSR count). The van der Waals surface area contributed by atoms with Gasteiger partial charge in [0.05, 0.1) is 37.2 Å². The van der Waals surface area contributed by atoms with Crippen molar-refractivity contribution in [2.75, 3.05) is 13.2 Å². The largest absolute Gasteiger partial charge is 0.382 e. The minimum Gasteiger partial charge on any atom is -0.382 e. The molecule has 0 amide bonds. The van der Waals surface area contributed by atoms with Crippen LogP contribution >= 0.6 is 0 Å². The van der Waals surface area contributed by atoms with Gasteiger partial charge in [-0.1, -0.05) is 39.0 Å². The van der Waals surface area contributed by atoms with E-state index < -0.39 is 17.2 Å². The van der Waals surface area contributed by atoms with Crippen LogP contribution < -0.4 is 0 Å². The van der Waals surface area contributed by atoms with Gasteiger partial charge in [-0.25, -0.2) is 23.1 Å². The van der Waals surface area contributed by atoms with Gasteiger partial charge in [-0.15, -0.1) is 5.10 Å². The molecule has 2 aliphatic heterocycles. The van der Waals surface area contributed by atoms with Crippen LogP contribution in [0.5, 0.6) is 0 Å². The fourth-order valence-corrected chi connectivity index (χ4v) is 13.7. The highest BCUT2D eigenvalue weighted by atomic mass is 19.1. The number of hydrogen-bond donors (Lipinski definition) is 1. The molecule has 0 bridgehead atoms. The Labute approximate surface area is 331 Å². The minimum atomic E-state index is -1.71. The van der Waals surface area contributed by atoms with Gasteiger partial charge in [0.25, 0.3) is 0 Å². The standard InChI is InChI=1S/C44H63F2N7O3/c1-27(2)51(23-43(54,24-52-26-47-25-48-52)36-10-8-31(45)18-38(36)46)20-32-21-53(50-49-32)33-12-14-41(5)30(17-33)7-9-34-35(41)13-15-42(6)37(34)19-39-40(42)29(4)44(56-39)16-11-28(3)22-55-44/h8,10,18,21,25-30,33-35,37,39-40,54H,7,9,11-17,19-20,22-24H2,1-6H3/t28-,29+,30?,33-,34-,35+,37+,39+,40+,41+,42+,43?,44-/m1/s1. The van der Waals surface area contributed by atoms with Gasteiger partial charge in [0.1, 0.15) is 29.9 Å². The quantitative estimate of drug-likeness (QED) is 0.234. The molecule has 2 aromatic heterocycles. The Hall–Kier alpha value is -2.80. The Morgan fingerprint density at radius 3 is 2.57 bits per heavy atom. The first-order valence-electron chi connectivity index (χ1n) is 21.7. The summed E-state index contributed by atoms with van der Waals surface area (Å²) in [6.07, 6.45) is 17.4. The summed E-state index contributed by atoms with van der Waals surface area (Å²) in [7, 11) is 0. The highest BCUT2D eigenvalue weighted by Crippen LogP contribution is 2.71. The lowest BCUT2D eigenvalue weighted by Crippen LogP contribution is -2.54. The average Bonchev–Trinajstić information content (AvgIpc) is 3.95. The number of nitrogens with zero attached hydrogens (tertiary/aromatic N) is 7. The smallest absolute Gasteiger partial charge is 0.171 e. The second-order valence-electron chi connectivity index (χ2n) is 20.0. The van der Waals surface area contributed by atoms with E-state index in [2.05, 4.69) is 58.7 Å². The topological polar surface area (TPSA) is 103 Å². The molecule has 13 atom stereocenters. The molecular weight excluding hydrogens is 713 g/mol. The summed E-state index contributed by atoms with van der Waals surface area (Å²) in [4.78, 5) is 6.07. The molecule has 306 valence electrons. The molecule has 3 aromatic rings. The van der Waals surface area contributed by atoms with Crippen molar-refractivity contribution in [2.45, 2.75) is 148 Å². The predicted octanol–water partition coefficient (Wildman–Crippen LogP) is 7.93. The molecule has 1 aromatic carbocycles. The zero-order valence-corrected chi connectivity index (χ0v) is 34.3. The van der Waals surface area contributed by atoms with Crippen molar-refractivity contribution < 1.29 is 23.4 Å². The van der Waals surface area contributed by atoms with Crippen LogP contribution in [0.25, 0.3) is 0 Å². The molecule has 0 radical (unpaired) electrons. The van der Waals surface area contributed by atoms with Crippen LogP contribution in [0.15, 0.2) is 37.1 Å². The maximum absolute atomic E-state index is 15.2. The molecule has 2 saturated heterocycles. The van der Waals surface area contributed by atoms with Crippen LogP contribution in [0, 0.1) is 63.9 Å². The van der Waals surface area contributed by atoms with Gasteiger partial charge in [0.15, 0.2) is 5.79 Å². The van der Waals surface area contributed by atoms with Crippen molar-refractivity contribution in [1.82, 2.24) is 34.7 Å². The number of halogens is 2. The van der Waals surface area contributed by atoms with Gasteiger partial charge in [-0.3, -0.25) is 4.90 Å². The Kier molecular flexibility index (Phi) is 9.81. The van der Waals surface area contributed by atoms with E-state index in [4.69, 9.17) is 14.7 Å². The highest BCUT2D eigenvalue weighted by molar-refractivity contribution is 5.26. The van der Waals surface area contributed by atoms with Crippen molar-refractivity contribution in [1.29, 1.82) is 0 Å². The van der Waals surface area contributed by atoms with Crippen LogP contribution in [0.4, 0.5) is 8.78 Å². The number of rotatable bonds is 9. The highest BCUT2D eigenvalue weighted by Gasteiger charge is 2.69. The molecule has 4 heterocycles. The first kappa shape index (κ1) is 38.7. The first-order chi connectivity index (χ1) is 26.7. The van der Waals surface area contributed by atoms with Crippen molar-refractivity contribution in [3.05, 3.63) is 59.9 Å². The van der Waals surface area contributed by atoms with Gasteiger partial charge >= 0.3 is 0 Å². The fourth-order valence-electron chi connectivity index (χ4n) is 13.7. The van der Waals surface area contributed by atoms with Crippen molar-refractivity contribution in [3.8, 4) is 0 Å². The van der Waals surface area contributed by atoms with Gasteiger partial charge < -0.3 is 14.6 Å². The summed E-state index contributed by atoms with van der Waals surface area (Å²) < 4.78 is 46.3. The maximum atomic E-state index is 15.2. The van der Waals surface area contributed by atoms with Crippen LogP contribution in [0.2, 0.25) is 0 Å². The SMILES string of the molecule is CC(C)N(Cc1cn([C@@H]2CC[C@@]3(C)C(CC[C@H]4[C@@H]5C[C@@H]6O[C@]7(CC[C@@H](C)CO7)[C@@H](C)[C@@H]6[C@@]5(C)CC[C@@H]43)C2)nn1)CC(O)(Cn1cncn1)c1ccc(F)cc1F. The molecule has 6 aliphatic rings. The number of ether oxygens (including phenoxy) is 2. The molecule has 1 N–H and O–H groups in total. The zero-order chi connectivity index (χ0) is 39.2. The predicted molar refractivity (Wildman–Crippen MR) is 207 cm³/mol.